The van der Waals surface area contributed by atoms with Crippen molar-refractivity contribution in [3.63, 3.8) is 0 Å². The number of halogens is 2. The van der Waals surface area contributed by atoms with Gasteiger partial charge in [0.2, 0.25) is 0 Å². The van der Waals surface area contributed by atoms with Gasteiger partial charge >= 0.3 is 0 Å². The zero-order chi connectivity index (χ0) is 19.1. The average molecular weight is 388 g/mol. The monoisotopic (exact) mass is 387 g/mol. The van der Waals surface area contributed by atoms with Crippen LogP contribution in [0.3, 0.4) is 0 Å². The lowest BCUT2D eigenvalue weighted by Crippen LogP contribution is -2.28. The number of hydrogen-bond donors (Lipinski definition) is 2. The van der Waals surface area contributed by atoms with E-state index in [1.165, 1.54) is 11.8 Å². The Hall–Kier alpha value is -2.48. The molecule has 2 rings (SSSR count). The van der Waals surface area contributed by atoms with Crippen LogP contribution in [0.4, 0.5) is 5.69 Å². The summed E-state index contributed by atoms with van der Waals surface area (Å²) in [5, 5.41) is 15.9. The standard InChI is InChI=1S/C20H19Cl2N3O/c1-3-14-4-6-15(7-5-14)13(2)25-20(26)16(11-23)12-24-19-10-17(21)8-9-18(19)22/h4-10,12-13,24H,3H2,1-2H3,(H,25,26)/b16-12-. The van der Waals surface area contributed by atoms with Crippen LogP contribution in [0, 0.1) is 11.3 Å². The Balaban J connectivity index is 2.07. The fourth-order valence-corrected chi connectivity index (χ4v) is 2.65. The third-order valence-corrected chi connectivity index (χ3v) is 4.47. The van der Waals surface area contributed by atoms with Crippen LogP contribution in [0.5, 0.6) is 0 Å². The van der Waals surface area contributed by atoms with Crippen LogP contribution < -0.4 is 10.6 Å². The van der Waals surface area contributed by atoms with E-state index in [0.717, 1.165) is 12.0 Å². The molecule has 0 aliphatic rings. The van der Waals surface area contributed by atoms with Crippen molar-refractivity contribution >= 4 is 34.8 Å². The molecule has 0 aliphatic heterocycles. The molecule has 0 heterocycles. The Morgan fingerprint density at radius 2 is 1.92 bits per heavy atom. The molecule has 1 amide bonds. The van der Waals surface area contributed by atoms with Gasteiger partial charge in [-0.1, -0.05) is 54.4 Å². The molecule has 0 aliphatic carbocycles. The van der Waals surface area contributed by atoms with Crippen molar-refractivity contribution in [2.75, 3.05) is 5.32 Å². The highest BCUT2D eigenvalue weighted by atomic mass is 35.5. The van der Waals surface area contributed by atoms with Gasteiger partial charge in [0.05, 0.1) is 16.8 Å². The smallest absolute Gasteiger partial charge is 0.263 e. The lowest BCUT2D eigenvalue weighted by Gasteiger charge is -2.14. The summed E-state index contributed by atoms with van der Waals surface area (Å²) in [6.07, 6.45) is 2.28. The SMILES string of the molecule is CCc1ccc(C(C)NC(=O)/C(C#N)=C\Nc2cc(Cl)ccc2Cl)cc1. The summed E-state index contributed by atoms with van der Waals surface area (Å²) in [6, 6.07) is 14.6. The quantitative estimate of drug-likeness (QED) is 0.525. The molecule has 0 saturated carbocycles. The van der Waals surface area contributed by atoms with Gasteiger partial charge in [0.25, 0.3) is 5.91 Å². The number of carbonyl (C=O) groups excluding carboxylic acids is 1. The van der Waals surface area contributed by atoms with E-state index in [-0.39, 0.29) is 11.6 Å². The Morgan fingerprint density at radius 3 is 2.54 bits per heavy atom. The summed E-state index contributed by atoms with van der Waals surface area (Å²) in [6.45, 7) is 3.96. The number of carbonyl (C=O) groups is 1. The van der Waals surface area contributed by atoms with Crippen LogP contribution in [0.25, 0.3) is 0 Å². The Kier molecular flexibility index (Phi) is 7.08. The second-order valence-corrected chi connectivity index (χ2v) is 6.57. The summed E-state index contributed by atoms with van der Waals surface area (Å²) < 4.78 is 0. The number of benzene rings is 2. The van der Waals surface area contributed by atoms with Gasteiger partial charge in [0.15, 0.2) is 0 Å². The van der Waals surface area contributed by atoms with E-state index in [0.29, 0.717) is 15.7 Å². The van der Waals surface area contributed by atoms with Crippen molar-refractivity contribution in [3.8, 4) is 6.07 Å². The Morgan fingerprint density at radius 1 is 1.23 bits per heavy atom. The molecule has 0 saturated heterocycles. The predicted octanol–water partition coefficient (Wildman–Crippen LogP) is 5.25. The third-order valence-electron chi connectivity index (χ3n) is 3.90. The molecule has 2 aromatic rings. The molecule has 0 radical (unpaired) electrons. The van der Waals surface area contributed by atoms with E-state index in [9.17, 15) is 10.1 Å². The Bertz CT molecular complexity index is 854. The van der Waals surface area contributed by atoms with Crippen molar-refractivity contribution in [2.24, 2.45) is 0 Å². The lowest BCUT2D eigenvalue weighted by atomic mass is 10.0. The van der Waals surface area contributed by atoms with Crippen molar-refractivity contribution in [2.45, 2.75) is 26.3 Å². The zero-order valence-electron chi connectivity index (χ0n) is 14.5. The highest BCUT2D eigenvalue weighted by molar-refractivity contribution is 6.35. The summed E-state index contributed by atoms with van der Waals surface area (Å²) in [4.78, 5) is 12.4. The van der Waals surface area contributed by atoms with Crippen LogP contribution >= 0.6 is 23.2 Å². The molecule has 134 valence electrons. The minimum absolute atomic E-state index is 0.0573. The average Bonchev–Trinajstić information content (AvgIpc) is 2.64. The molecule has 6 heteroatoms. The van der Waals surface area contributed by atoms with Gasteiger partial charge in [-0.15, -0.1) is 0 Å². The van der Waals surface area contributed by atoms with Gasteiger partial charge in [-0.05, 0) is 42.7 Å². The van der Waals surface area contributed by atoms with E-state index in [1.54, 1.807) is 18.2 Å². The topological polar surface area (TPSA) is 64.9 Å². The summed E-state index contributed by atoms with van der Waals surface area (Å²) in [5.41, 5.74) is 2.66. The lowest BCUT2D eigenvalue weighted by molar-refractivity contribution is -0.117. The molecule has 0 spiro atoms. The van der Waals surface area contributed by atoms with Gasteiger partial charge in [-0.25, -0.2) is 0 Å². The van der Waals surface area contributed by atoms with Gasteiger partial charge < -0.3 is 10.6 Å². The molecule has 1 unspecified atom stereocenters. The summed E-state index contributed by atoms with van der Waals surface area (Å²) in [5.74, 6) is -0.467. The first-order valence-corrected chi connectivity index (χ1v) is 8.91. The molecule has 0 bridgehead atoms. The van der Waals surface area contributed by atoms with E-state index in [1.807, 2.05) is 37.3 Å². The molecule has 1 atom stereocenters. The second kappa shape index (κ2) is 9.28. The van der Waals surface area contributed by atoms with Gasteiger partial charge in [-0.3, -0.25) is 4.79 Å². The number of nitrogens with zero attached hydrogens (tertiary/aromatic N) is 1. The van der Waals surface area contributed by atoms with Crippen molar-refractivity contribution < 1.29 is 4.79 Å². The minimum Gasteiger partial charge on any atom is -0.359 e. The molecule has 2 N–H and O–H groups in total. The predicted molar refractivity (Wildman–Crippen MR) is 106 cm³/mol. The number of amides is 1. The normalized spacial score (nSPS) is 12.2. The largest absolute Gasteiger partial charge is 0.359 e. The van der Waals surface area contributed by atoms with E-state index < -0.39 is 5.91 Å². The molecule has 2 aromatic carbocycles. The number of nitriles is 1. The molecular formula is C20H19Cl2N3O. The van der Waals surface area contributed by atoms with Crippen molar-refractivity contribution in [1.82, 2.24) is 5.32 Å². The van der Waals surface area contributed by atoms with Gasteiger partial charge in [-0.2, -0.15) is 5.26 Å². The third kappa shape index (κ3) is 5.26. The second-order valence-electron chi connectivity index (χ2n) is 5.73. The highest BCUT2D eigenvalue weighted by Gasteiger charge is 2.14. The minimum atomic E-state index is -0.467. The maximum absolute atomic E-state index is 12.4. The summed E-state index contributed by atoms with van der Waals surface area (Å²) in [7, 11) is 0. The van der Waals surface area contributed by atoms with Crippen LogP contribution in [-0.2, 0) is 11.2 Å². The van der Waals surface area contributed by atoms with E-state index in [4.69, 9.17) is 23.2 Å². The van der Waals surface area contributed by atoms with Crippen molar-refractivity contribution in [1.29, 1.82) is 5.26 Å². The number of rotatable bonds is 6. The zero-order valence-corrected chi connectivity index (χ0v) is 16.0. The van der Waals surface area contributed by atoms with Gasteiger partial charge in [0.1, 0.15) is 11.6 Å². The molecule has 0 fully saturated rings. The van der Waals surface area contributed by atoms with E-state index >= 15 is 0 Å². The fourth-order valence-electron chi connectivity index (χ4n) is 2.31. The first-order valence-electron chi connectivity index (χ1n) is 8.16. The number of aryl methyl sites for hydroxylation is 1. The number of nitrogens with one attached hydrogen (secondary N) is 2. The first-order chi connectivity index (χ1) is 12.4. The molecular weight excluding hydrogens is 369 g/mol. The molecule has 26 heavy (non-hydrogen) atoms. The maximum atomic E-state index is 12.4. The summed E-state index contributed by atoms with van der Waals surface area (Å²) >= 11 is 12.0. The molecule has 0 aromatic heterocycles. The molecule has 4 nitrogen and oxygen atoms in total. The van der Waals surface area contributed by atoms with Gasteiger partial charge in [0, 0.05) is 11.2 Å². The number of hydrogen-bond acceptors (Lipinski definition) is 3. The van der Waals surface area contributed by atoms with E-state index in [2.05, 4.69) is 17.6 Å². The fraction of sp³-hybridized carbons (Fsp3) is 0.200. The number of anilines is 1. The van der Waals surface area contributed by atoms with Crippen LogP contribution in [0.2, 0.25) is 10.0 Å². The van der Waals surface area contributed by atoms with Crippen LogP contribution in [0.15, 0.2) is 54.2 Å². The van der Waals surface area contributed by atoms with Crippen LogP contribution in [-0.4, -0.2) is 5.91 Å². The van der Waals surface area contributed by atoms with Crippen LogP contribution in [0.1, 0.15) is 31.0 Å². The highest BCUT2D eigenvalue weighted by Crippen LogP contribution is 2.25. The maximum Gasteiger partial charge on any atom is 0.263 e. The van der Waals surface area contributed by atoms with Crippen molar-refractivity contribution in [3.05, 3.63) is 75.4 Å². The Labute approximate surface area is 163 Å². The first kappa shape index (κ1) is 19.8.